The number of carbonyl (C=O) groups excluding carboxylic acids is 3. The van der Waals surface area contributed by atoms with Gasteiger partial charge in [-0.05, 0) is 70.0 Å². The van der Waals surface area contributed by atoms with Crippen molar-refractivity contribution < 1.29 is 70.0 Å². The number of hydrogen-bond donors (Lipinski definition) is 4. The maximum atomic E-state index is 14.8. The summed E-state index contributed by atoms with van der Waals surface area (Å²) in [7, 11) is 0. The average molecular weight is 1010 g/mol. The molecule has 4 aromatic carbocycles. The average Bonchev–Trinajstić information content (AvgIpc) is 3.81. The number of esters is 1. The highest BCUT2D eigenvalue weighted by Crippen LogP contribution is 2.36. The van der Waals surface area contributed by atoms with Gasteiger partial charge in [0.05, 0.1) is 19.4 Å². The van der Waals surface area contributed by atoms with Crippen molar-refractivity contribution in [1.29, 1.82) is 0 Å². The van der Waals surface area contributed by atoms with Gasteiger partial charge in [0.1, 0.15) is 40.8 Å². The topological polar surface area (TPSA) is 241 Å². The molecule has 0 saturated carbocycles. The summed E-state index contributed by atoms with van der Waals surface area (Å²) in [5.41, 5.74) is 12.5. The van der Waals surface area contributed by atoms with E-state index in [1.54, 1.807) is 12.1 Å². The number of aliphatic carboxylic acids is 1. The second kappa shape index (κ2) is 21.0. The molecule has 0 fully saturated rings. The summed E-state index contributed by atoms with van der Waals surface area (Å²) >= 11 is 6.52. The van der Waals surface area contributed by atoms with Crippen molar-refractivity contribution in [1.82, 2.24) is 9.97 Å². The number of hydrogen-bond acceptors (Lipinski definition) is 12. The van der Waals surface area contributed by atoms with Gasteiger partial charge in [0, 0.05) is 11.1 Å². The summed E-state index contributed by atoms with van der Waals surface area (Å²) in [6.45, 7) is 2.69. The first-order valence-electron chi connectivity index (χ1n) is 18.2. The molecule has 6 N–H and O–H groups in total. The van der Waals surface area contributed by atoms with Gasteiger partial charge in [0.15, 0.2) is 38.6 Å². The Kier molecular flexibility index (Phi) is 15.8. The van der Waals surface area contributed by atoms with Crippen molar-refractivity contribution in [3.05, 3.63) is 139 Å². The Hall–Kier alpha value is -6.58. The molecule has 0 saturated heterocycles. The van der Waals surface area contributed by atoms with Crippen LogP contribution in [0, 0.1) is 37.1 Å². The number of benzene rings is 4. The highest BCUT2D eigenvalue weighted by atomic mass is 79.9. The number of carbonyl (C=O) groups is 4. The Labute approximate surface area is 371 Å². The summed E-state index contributed by atoms with van der Waals surface area (Å²) in [6.07, 6.45) is -3.42. The fourth-order valence-electron chi connectivity index (χ4n) is 5.47. The molecule has 2 heterocycles. The second-order valence-electron chi connectivity index (χ2n) is 13.3. The molecule has 63 heavy (non-hydrogen) atoms. The quantitative estimate of drug-likeness (QED) is 0.0529. The first kappa shape index (κ1) is 47.5. The van der Waals surface area contributed by atoms with E-state index in [1.807, 2.05) is 50.2 Å². The van der Waals surface area contributed by atoms with Crippen molar-refractivity contribution in [2.45, 2.75) is 38.9 Å². The zero-order chi connectivity index (χ0) is 46.1. The Morgan fingerprint density at radius 1 is 0.667 bits per heavy atom. The van der Waals surface area contributed by atoms with Gasteiger partial charge in [-0.1, -0.05) is 59.7 Å². The molecule has 2 amide bonds. The molecule has 2 aromatic heterocycles. The van der Waals surface area contributed by atoms with E-state index in [2.05, 4.69) is 41.8 Å². The van der Waals surface area contributed by atoms with Crippen LogP contribution in [0.4, 0.5) is 17.6 Å². The number of halogens is 6. The van der Waals surface area contributed by atoms with Gasteiger partial charge in [0.25, 0.3) is 11.8 Å². The first-order valence-corrected chi connectivity index (χ1v) is 19.8. The number of carboxylic acids is 1. The van der Waals surface area contributed by atoms with Crippen molar-refractivity contribution >= 4 is 55.6 Å². The molecular weight excluding hydrogens is 972 g/mol. The molecule has 2 atom stereocenters. The molecule has 0 radical (unpaired) electrons. The number of primary amides is 2. The number of nitrogens with zero attached hydrogens (tertiary/aromatic N) is 2. The fourth-order valence-corrected chi connectivity index (χ4v) is 6.43. The van der Waals surface area contributed by atoms with Crippen LogP contribution >= 0.6 is 31.9 Å². The number of carboxylic acid groups (broad SMARTS) is 1. The molecule has 6 aromatic rings. The van der Waals surface area contributed by atoms with E-state index < -0.39 is 108 Å². The molecule has 0 unspecified atom stereocenters. The molecule has 0 aliphatic carbocycles. The van der Waals surface area contributed by atoms with Crippen LogP contribution in [-0.2, 0) is 14.3 Å². The number of aliphatic hydroxyl groups excluding tert-OH is 1. The van der Waals surface area contributed by atoms with Gasteiger partial charge in [-0.3, -0.25) is 19.2 Å². The predicted octanol–water partition coefficient (Wildman–Crippen LogP) is 8.22. The molecule has 330 valence electrons. The van der Waals surface area contributed by atoms with Crippen LogP contribution in [0.5, 0.6) is 11.5 Å². The van der Waals surface area contributed by atoms with E-state index >= 15 is 0 Å². The number of aryl methyl sites for hydroxylation is 2. The number of nitrogens with two attached hydrogens (primary N) is 2. The Balaban J connectivity index is 0.000000243. The van der Waals surface area contributed by atoms with E-state index in [1.165, 1.54) is 0 Å². The largest absolute Gasteiger partial charge is 0.481 e. The van der Waals surface area contributed by atoms with Crippen LogP contribution in [0.3, 0.4) is 0 Å². The number of oxazole rings is 2. The highest BCUT2D eigenvalue weighted by molar-refractivity contribution is 9.10. The Bertz CT molecular complexity index is 2640. The second-order valence-corrected chi connectivity index (χ2v) is 14.7. The number of rotatable bonds is 16. The molecule has 0 aliphatic rings. The number of aliphatic hydroxyl groups is 1. The van der Waals surface area contributed by atoms with Gasteiger partial charge in [-0.25, -0.2) is 27.5 Å². The maximum absolute atomic E-state index is 14.8. The van der Waals surface area contributed by atoms with Gasteiger partial charge in [-0.15, -0.1) is 0 Å². The zero-order valence-electron chi connectivity index (χ0n) is 32.8. The normalized spacial score (nSPS) is 11.8. The number of aromatic nitrogens is 2. The minimum Gasteiger partial charge on any atom is -0.481 e. The molecule has 15 nitrogen and oxygen atoms in total. The molecule has 0 spiro atoms. The van der Waals surface area contributed by atoms with Crippen LogP contribution in [0.2, 0.25) is 0 Å². The van der Waals surface area contributed by atoms with Crippen LogP contribution in [-0.4, -0.2) is 57.1 Å². The molecule has 21 heteroatoms. The predicted molar refractivity (Wildman–Crippen MR) is 220 cm³/mol. The van der Waals surface area contributed by atoms with Gasteiger partial charge in [0.2, 0.25) is 17.9 Å². The lowest BCUT2D eigenvalue weighted by molar-refractivity contribution is -0.149. The lowest BCUT2D eigenvalue weighted by Crippen LogP contribution is -2.21. The fraction of sp³-hybridized carbons (Fsp3) is 0.190. The molecule has 0 bridgehead atoms. The van der Waals surface area contributed by atoms with E-state index in [0.717, 1.165) is 41.0 Å². The summed E-state index contributed by atoms with van der Waals surface area (Å²) in [4.78, 5) is 54.0. The van der Waals surface area contributed by atoms with E-state index in [0.29, 0.717) is 21.6 Å². The van der Waals surface area contributed by atoms with Crippen molar-refractivity contribution in [2.75, 3.05) is 13.2 Å². The lowest BCUT2D eigenvalue weighted by Gasteiger charge is -2.17. The van der Waals surface area contributed by atoms with Gasteiger partial charge < -0.3 is 44.7 Å². The molecule has 6 rings (SSSR count). The standard InChI is InChI=1S/C23H19BrF2N2O7.C19H15BrF2N2O4/c1-11-2-4-12(5-3-11)20-21(24)35-23(28-20)15(10-33-17(31)9-8-16(29)30)34-14-7-6-13(25)18(19(14)26)22(27)32;1-9-2-4-10(5-3-9)16-17(20)28-19(24-16)13(8-25)27-12-7-6-11(21)14(15(12)22)18(23)26/h2-7,15H,8-10H2,1H3,(H2,27,32)(H,29,30);2-7,13,25H,8H2,1H3,(H2,23,26)/t15-;13-/m11/s1. The molecule has 0 aliphatic heterocycles. The Morgan fingerprint density at radius 2 is 1.08 bits per heavy atom. The van der Waals surface area contributed by atoms with E-state index in [9.17, 15) is 41.8 Å². The van der Waals surface area contributed by atoms with E-state index in [-0.39, 0.29) is 16.5 Å². The van der Waals surface area contributed by atoms with Crippen LogP contribution in [0.1, 0.15) is 68.7 Å². The van der Waals surface area contributed by atoms with Crippen molar-refractivity contribution in [3.8, 4) is 34.0 Å². The first-order chi connectivity index (χ1) is 29.9. The summed E-state index contributed by atoms with van der Waals surface area (Å²) < 4.78 is 84.2. The SMILES string of the molecule is Cc1ccc(-c2nc([C@@H](CO)Oc3ccc(F)c(C(N)=O)c3F)oc2Br)cc1.Cc1ccc(-c2nc([C@@H](COC(=O)CCC(=O)O)Oc3ccc(F)c(C(N)=O)c3F)oc2Br)cc1. The minimum absolute atomic E-state index is 0.0331. The summed E-state index contributed by atoms with van der Waals surface area (Å²) in [6, 6.07) is 18.3. The smallest absolute Gasteiger partial charge is 0.306 e. The minimum atomic E-state index is -1.36. The van der Waals surface area contributed by atoms with Crippen molar-refractivity contribution in [3.63, 3.8) is 0 Å². The Morgan fingerprint density at radius 3 is 1.48 bits per heavy atom. The third-order valence-corrected chi connectivity index (χ3v) is 9.73. The van der Waals surface area contributed by atoms with Gasteiger partial charge >= 0.3 is 11.9 Å². The van der Waals surface area contributed by atoms with Crippen LogP contribution in [0.15, 0.2) is 91.0 Å². The van der Waals surface area contributed by atoms with Crippen molar-refractivity contribution in [2.24, 2.45) is 11.5 Å². The van der Waals surface area contributed by atoms with E-state index in [4.69, 9.17) is 39.6 Å². The highest BCUT2D eigenvalue weighted by Gasteiger charge is 2.29. The lowest BCUT2D eigenvalue weighted by atomic mass is 10.1. The summed E-state index contributed by atoms with van der Waals surface area (Å²) in [5.74, 6) is -10.8. The van der Waals surface area contributed by atoms with Gasteiger partial charge in [-0.2, -0.15) is 0 Å². The maximum Gasteiger partial charge on any atom is 0.306 e. The van der Waals surface area contributed by atoms with Crippen LogP contribution in [0.25, 0.3) is 22.5 Å². The zero-order valence-corrected chi connectivity index (χ0v) is 36.0. The van der Waals surface area contributed by atoms with Crippen LogP contribution < -0.4 is 20.9 Å². The monoisotopic (exact) mass is 1000 g/mol. The number of ether oxygens (including phenoxy) is 3. The summed E-state index contributed by atoms with van der Waals surface area (Å²) in [5, 5.41) is 18.4. The molecular formula is C42H34Br2F4N4O11. The third-order valence-electron chi connectivity index (χ3n) is 8.65. The number of amides is 2. The third kappa shape index (κ3) is 11.9.